The molecule has 4 rings (SSSR count). The highest BCUT2D eigenvalue weighted by molar-refractivity contribution is 14.0. The Kier molecular flexibility index (Phi) is 9.67. The van der Waals surface area contributed by atoms with Crippen LogP contribution in [0.3, 0.4) is 0 Å². The molecule has 2 aliphatic rings. The molecule has 2 aliphatic heterocycles. The van der Waals surface area contributed by atoms with Gasteiger partial charge in [-0.1, -0.05) is 30.3 Å². The van der Waals surface area contributed by atoms with Crippen molar-refractivity contribution in [3.63, 3.8) is 0 Å². The van der Waals surface area contributed by atoms with Gasteiger partial charge in [0.1, 0.15) is 5.82 Å². The highest BCUT2D eigenvalue weighted by Crippen LogP contribution is 2.34. The van der Waals surface area contributed by atoms with Crippen LogP contribution in [0.4, 0.5) is 4.39 Å². The fourth-order valence-electron chi connectivity index (χ4n) is 4.61. The van der Waals surface area contributed by atoms with Crippen LogP contribution in [0, 0.1) is 11.7 Å². The molecule has 0 aromatic heterocycles. The number of nitrogens with one attached hydrogen (secondary N) is 1. The number of nitrogens with zero attached hydrogens (tertiary/aromatic N) is 2. The van der Waals surface area contributed by atoms with E-state index in [1.165, 1.54) is 16.9 Å². The zero-order valence-corrected chi connectivity index (χ0v) is 21.8. The van der Waals surface area contributed by atoms with Gasteiger partial charge in [0, 0.05) is 56.0 Å². The maximum atomic E-state index is 13.5. The average Bonchev–Trinajstić information content (AvgIpc) is 3.29. The minimum atomic E-state index is -0.189. The van der Waals surface area contributed by atoms with Gasteiger partial charge < -0.3 is 15.0 Å². The van der Waals surface area contributed by atoms with Crippen LogP contribution in [0.5, 0.6) is 0 Å². The Bertz CT molecular complexity index is 859. The Balaban J connectivity index is 0.00000289. The van der Waals surface area contributed by atoms with Gasteiger partial charge in [-0.2, -0.15) is 0 Å². The predicted molar refractivity (Wildman–Crippen MR) is 142 cm³/mol. The minimum Gasteiger partial charge on any atom is -0.381 e. The van der Waals surface area contributed by atoms with Gasteiger partial charge in [-0.05, 0) is 55.0 Å². The zero-order valence-electron chi connectivity index (χ0n) is 18.6. The molecular weight excluding hydrogens is 536 g/mol. The van der Waals surface area contributed by atoms with E-state index in [0.717, 1.165) is 57.4 Å². The van der Waals surface area contributed by atoms with E-state index in [2.05, 4.69) is 45.5 Å². The summed E-state index contributed by atoms with van der Waals surface area (Å²) in [6.07, 6.45) is 3.05. The van der Waals surface area contributed by atoms with Crippen molar-refractivity contribution in [2.45, 2.75) is 29.6 Å². The third-order valence-electron chi connectivity index (χ3n) is 6.52. The van der Waals surface area contributed by atoms with E-state index in [-0.39, 0.29) is 35.2 Å². The molecule has 0 bridgehead atoms. The topological polar surface area (TPSA) is 36.9 Å². The second kappa shape index (κ2) is 12.2. The highest BCUT2D eigenvalue weighted by atomic mass is 127. The van der Waals surface area contributed by atoms with Crippen molar-refractivity contribution < 1.29 is 9.13 Å². The van der Waals surface area contributed by atoms with Gasteiger partial charge in [-0.25, -0.2) is 4.39 Å². The molecule has 1 N–H and O–H groups in total. The number of hydrogen-bond donors (Lipinski definition) is 1. The summed E-state index contributed by atoms with van der Waals surface area (Å²) in [5.41, 5.74) is 1.13. The average molecular weight is 570 g/mol. The van der Waals surface area contributed by atoms with Gasteiger partial charge in [0.2, 0.25) is 0 Å². The molecule has 32 heavy (non-hydrogen) atoms. The van der Waals surface area contributed by atoms with Gasteiger partial charge in [0.25, 0.3) is 0 Å². The molecule has 0 radical (unpaired) electrons. The second-order valence-electron chi connectivity index (χ2n) is 8.53. The summed E-state index contributed by atoms with van der Waals surface area (Å²) in [6, 6.07) is 17.6. The van der Waals surface area contributed by atoms with Gasteiger partial charge >= 0.3 is 0 Å². The van der Waals surface area contributed by atoms with Crippen LogP contribution in [-0.2, 0) is 10.2 Å². The lowest BCUT2D eigenvalue weighted by Crippen LogP contribution is -2.49. The number of halogens is 2. The van der Waals surface area contributed by atoms with Crippen molar-refractivity contribution >= 4 is 41.7 Å². The van der Waals surface area contributed by atoms with Gasteiger partial charge in [-0.15, -0.1) is 35.7 Å². The van der Waals surface area contributed by atoms with Crippen molar-refractivity contribution in [3.8, 4) is 0 Å². The van der Waals surface area contributed by atoms with Crippen LogP contribution >= 0.6 is 35.7 Å². The summed E-state index contributed by atoms with van der Waals surface area (Å²) in [6.45, 7) is 4.33. The number of rotatable bonds is 6. The van der Waals surface area contributed by atoms with Crippen molar-refractivity contribution in [1.29, 1.82) is 0 Å². The molecule has 2 aromatic rings. The Morgan fingerprint density at radius 1 is 1.16 bits per heavy atom. The first-order valence-corrected chi connectivity index (χ1v) is 12.1. The maximum Gasteiger partial charge on any atom is 0.193 e. The minimum absolute atomic E-state index is 0. The summed E-state index contributed by atoms with van der Waals surface area (Å²) >= 11 is 1.94. The number of benzene rings is 2. The molecule has 174 valence electrons. The number of ether oxygens (including phenoxy) is 1. The third kappa shape index (κ3) is 6.38. The van der Waals surface area contributed by atoms with E-state index in [4.69, 9.17) is 4.74 Å². The summed E-state index contributed by atoms with van der Waals surface area (Å²) in [4.78, 5) is 8.30. The van der Waals surface area contributed by atoms with E-state index in [9.17, 15) is 4.39 Å². The molecule has 0 aliphatic carbocycles. The first kappa shape index (κ1) is 25.3. The van der Waals surface area contributed by atoms with E-state index >= 15 is 0 Å². The van der Waals surface area contributed by atoms with Crippen molar-refractivity contribution in [2.75, 3.05) is 45.6 Å². The summed E-state index contributed by atoms with van der Waals surface area (Å²) in [5.74, 6) is 2.58. The van der Waals surface area contributed by atoms with Crippen LogP contribution in [0.2, 0.25) is 0 Å². The second-order valence-corrected chi connectivity index (χ2v) is 9.62. The summed E-state index contributed by atoms with van der Waals surface area (Å²) in [7, 11) is 1.86. The van der Waals surface area contributed by atoms with Gasteiger partial charge in [0.15, 0.2) is 5.96 Å². The fourth-order valence-corrected chi connectivity index (χ4v) is 5.66. The van der Waals surface area contributed by atoms with E-state index in [1.54, 1.807) is 12.1 Å². The monoisotopic (exact) mass is 569 g/mol. The molecule has 2 fully saturated rings. The van der Waals surface area contributed by atoms with Crippen LogP contribution in [-0.4, -0.2) is 56.5 Å². The van der Waals surface area contributed by atoms with Crippen LogP contribution in [0.25, 0.3) is 0 Å². The standard InChI is InChI=1S/C25H32FN3OS.HI/c1-27-24(29-14-11-20(17-29)18-31-23-5-3-2-4-6-23)28-19-25(12-15-30-16-13-25)21-7-9-22(26)10-8-21;/h2-10,20H,11-19H2,1H3,(H,27,28);1H. The van der Waals surface area contributed by atoms with Crippen molar-refractivity contribution in [1.82, 2.24) is 10.2 Å². The summed E-state index contributed by atoms with van der Waals surface area (Å²) in [5, 5.41) is 3.65. The lowest BCUT2D eigenvalue weighted by atomic mass is 9.74. The molecule has 4 nitrogen and oxygen atoms in total. The number of aliphatic imine (C=N–C) groups is 1. The first-order valence-electron chi connectivity index (χ1n) is 11.2. The van der Waals surface area contributed by atoms with E-state index in [0.29, 0.717) is 5.92 Å². The fraction of sp³-hybridized carbons (Fsp3) is 0.480. The molecule has 1 atom stereocenters. The van der Waals surface area contributed by atoms with Crippen LogP contribution in [0.1, 0.15) is 24.8 Å². The normalized spacial score (nSPS) is 20.6. The molecule has 2 saturated heterocycles. The first-order chi connectivity index (χ1) is 15.2. The Hall–Kier alpha value is -1.32. The highest BCUT2D eigenvalue weighted by Gasteiger charge is 2.35. The van der Waals surface area contributed by atoms with Crippen molar-refractivity contribution in [2.24, 2.45) is 10.9 Å². The Morgan fingerprint density at radius 2 is 1.88 bits per heavy atom. The SMILES string of the molecule is CN=C(NCC1(c2ccc(F)cc2)CCOCC1)N1CCC(CSc2ccccc2)C1.I. The van der Waals surface area contributed by atoms with Crippen LogP contribution < -0.4 is 5.32 Å². The number of thioether (sulfide) groups is 1. The maximum absolute atomic E-state index is 13.5. The van der Waals surface area contributed by atoms with Gasteiger partial charge in [0.05, 0.1) is 0 Å². The number of guanidine groups is 1. The molecule has 2 heterocycles. The van der Waals surface area contributed by atoms with E-state index < -0.39 is 0 Å². The predicted octanol–water partition coefficient (Wildman–Crippen LogP) is 5.18. The molecule has 1 unspecified atom stereocenters. The molecule has 7 heteroatoms. The van der Waals surface area contributed by atoms with Gasteiger partial charge in [-0.3, -0.25) is 4.99 Å². The lowest BCUT2D eigenvalue weighted by Gasteiger charge is -2.39. The summed E-state index contributed by atoms with van der Waals surface area (Å²) < 4.78 is 19.1. The van der Waals surface area contributed by atoms with E-state index in [1.807, 2.05) is 30.9 Å². The van der Waals surface area contributed by atoms with Crippen LogP contribution in [0.15, 0.2) is 64.5 Å². The quantitative estimate of drug-likeness (QED) is 0.225. The lowest BCUT2D eigenvalue weighted by molar-refractivity contribution is 0.0512. The number of hydrogen-bond acceptors (Lipinski definition) is 3. The zero-order chi connectivity index (χ0) is 21.5. The Morgan fingerprint density at radius 3 is 2.56 bits per heavy atom. The largest absolute Gasteiger partial charge is 0.381 e. The molecular formula is C25H33FIN3OS. The molecule has 0 amide bonds. The Labute approximate surface area is 212 Å². The third-order valence-corrected chi connectivity index (χ3v) is 7.76. The smallest absolute Gasteiger partial charge is 0.193 e. The molecule has 2 aromatic carbocycles. The van der Waals surface area contributed by atoms with Crippen molar-refractivity contribution in [3.05, 3.63) is 66.0 Å². The number of likely N-dealkylation sites (tertiary alicyclic amines) is 1. The molecule has 0 spiro atoms. The molecule has 0 saturated carbocycles.